The van der Waals surface area contributed by atoms with Crippen LogP contribution in [0.3, 0.4) is 0 Å². The molecule has 0 aromatic rings. The highest BCUT2D eigenvalue weighted by Gasteiger charge is 2.35. The number of ether oxygens (including phenoxy) is 1. The van der Waals surface area contributed by atoms with Crippen LogP contribution in [0.25, 0.3) is 0 Å². The Hall–Kier alpha value is -1.03. The second kappa shape index (κ2) is 4.28. The molecule has 0 aromatic heterocycles. The van der Waals surface area contributed by atoms with Gasteiger partial charge in [0.05, 0.1) is 0 Å². The van der Waals surface area contributed by atoms with Gasteiger partial charge in [0.15, 0.2) is 17.3 Å². The van der Waals surface area contributed by atoms with Gasteiger partial charge in [0.1, 0.15) is 12.5 Å². The number of hydrogen-bond donors (Lipinski definition) is 0. The monoisotopic (exact) mass is 184 g/mol. The Morgan fingerprint density at radius 1 is 1.38 bits per heavy atom. The number of rotatable bonds is 3. The molecule has 4 heteroatoms. The van der Waals surface area contributed by atoms with Crippen LogP contribution in [0.2, 0.25) is 0 Å². The van der Waals surface area contributed by atoms with Gasteiger partial charge in [0, 0.05) is 20.0 Å². The van der Waals surface area contributed by atoms with Crippen LogP contribution in [-0.2, 0) is 19.1 Å². The second-order valence-electron chi connectivity index (χ2n) is 3.12. The van der Waals surface area contributed by atoms with Crippen LogP contribution in [0, 0.1) is 5.92 Å². The molecule has 0 heterocycles. The van der Waals surface area contributed by atoms with Gasteiger partial charge in [-0.15, -0.1) is 0 Å². The molecule has 0 radical (unpaired) electrons. The lowest BCUT2D eigenvalue weighted by Gasteiger charge is -2.17. The van der Waals surface area contributed by atoms with E-state index in [9.17, 15) is 14.4 Å². The fourth-order valence-electron chi connectivity index (χ4n) is 1.49. The van der Waals surface area contributed by atoms with Gasteiger partial charge in [0.25, 0.3) is 0 Å². The quantitative estimate of drug-likeness (QED) is 0.585. The average Bonchev–Trinajstić information content (AvgIpc) is 2.04. The largest absolute Gasteiger partial charge is 0.377 e. The zero-order chi connectivity index (χ0) is 9.84. The summed E-state index contributed by atoms with van der Waals surface area (Å²) in [6, 6.07) is 0. The highest BCUT2D eigenvalue weighted by Crippen LogP contribution is 2.18. The Morgan fingerprint density at radius 2 is 1.92 bits per heavy atom. The first kappa shape index (κ1) is 10.1. The van der Waals surface area contributed by atoms with Crippen LogP contribution in [0.15, 0.2) is 0 Å². The average molecular weight is 184 g/mol. The minimum Gasteiger partial charge on any atom is -0.377 e. The van der Waals surface area contributed by atoms with Crippen LogP contribution < -0.4 is 0 Å². The molecule has 1 aliphatic carbocycles. The molecule has 1 rings (SSSR count). The van der Waals surface area contributed by atoms with Gasteiger partial charge >= 0.3 is 0 Å². The van der Waals surface area contributed by atoms with Gasteiger partial charge in [-0.1, -0.05) is 0 Å². The van der Waals surface area contributed by atoms with E-state index < -0.39 is 11.7 Å². The van der Waals surface area contributed by atoms with Crippen molar-refractivity contribution >= 4 is 17.3 Å². The van der Waals surface area contributed by atoms with Crippen LogP contribution >= 0.6 is 0 Å². The molecule has 0 unspecified atom stereocenters. The second-order valence-corrected chi connectivity index (χ2v) is 3.12. The molecule has 0 N–H and O–H groups in total. The van der Waals surface area contributed by atoms with Crippen LogP contribution in [-0.4, -0.2) is 31.1 Å². The van der Waals surface area contributed by atoms with Gasteiger partial charge in [-0.25, -0.2) is 0 Å². The van der Waals surface area contributed by atoms with E-state index in [0.717, 1.165) is 0 Å². The molecular weight excluding hydrogens is 172 g/mol. The first-order chi connectivity index (χ1) is 6.16. The minimum atomic E-state index is -1.03. The molecule has 1 aliphatic rings. The SMILES string of the molecule is COCC(=O)C1C(=O)CCCC1=O. The Balaban J connectivity index is 2.68. The Bertz CT molecular complexity index is 228. The highest BCUT2D eigenvalue weighted by molar-refractivity contribution is 6.20. The zero-order valence-corrected chi connectivity index (χ0v) is 7.54. The molecule has 1 fully saturated rings. The third-order valence-corrected chi connectivity index (χ3v) is 2.10. The lowest BCUT2D eigenvalue weighted by Crippen LogP contribution is -2.37. The third-order valence-electron chi connectivity index (χ3n) is 2.10. The van der Waals surface area contributed by atoms with Crippen molar-refractivity contribution < 1.29 is 19.1 Å². The number of methoxy groups -OCH3 is 1. The Labute approximate surface area is 76.3 Å². The first-order valence-electron chi connectivity index (χ1n) is 4.24. The summed E-state index contributed by atoms with van der Waals surface area (Å²) in [7, 11) is 1.37. The van der Waals surface area contributed by atoms with Crippen molar-refractivity contribution in [2.75, 3.05) is 13.7 Å². The zero-order valence-electron chi connectivity index (χ0n) is 7.54. The summed E-state index contributed by atoms with van der Waals surface area (Å²) >= 11 is 0. The van der Waals surface area contributed by atoms with E-state index in [1.54, 1.807) is 0 Å². The van der Waals surface area contributed by atoms with E-state index in [4.69, 9.17) is 0 Å². The lowest BCUT2D eigenvalue weighted by atomic mass is 9.84. The molecule has 4 nitrogen and oxygen atoms in total. The third kappa shape index (κ3) is 2.21. The fraction of sp³-hybridized carbons (Fsp3) is 0.667. The van der Waals surface area contributed by atoms with Crippen LogP contribution in [0.5, 0.6) is 0 Å². The molecule has 0 saturated heterocycles. The fourth-order valence-corrected chi connectivity index (χ4v) is 1.49. The van der Waals surface area contributed by atoms with Gasteiger partial charge in [-0.2, -0.15) is 0 Å². The molecule has 0 amide bonds. The Kier molecular flexibility index (Phi) is 3.31. The molecule has 0 aliphatic heterocycles. The number of carbonyl (C=O) groups is 3. The number of carbonyl (C=O) groups excluding carboxylic acids is 3. The highest BCUT2D eigenvalue weighted by atomic mass is 16.5. The minimum absolute atomic E-state index is 0.151. The van der Waals surface area contributed by atoms with E-state index in [0.29, 0.717) is 19.3 Å². The normalized spacial score (nSPS) is 19.2. The van der Waals surface area contributed by atoms with Crippen molar-refractivity contribution in [1.29, 1.82) is 0 Å². The maximum Gasteiger partial charge on any atom is 0.176 e. The van der Waals surface area contributed by atoms with Crippen molar-refractivity contribution in [3.05, 3.63) is 0 Å². The molecule has 13 heavy (non-hydrogen) atoms. The summed E-state index contributed by atoms with van der Waals surface area (Å²) in [6.45, 7) is -0.151. The van der Waals surface area contributed by atoms with Gasteiger partial charge in [0.2, 0.25) is 0 Å². The number of ketones is 3. The maximum atomic E-state index is 11.3. The predicted molar refractivity (Wildman–Crippen MR) is 44.2 cm³/mol. The predicted octanol–water partition coefficient (Wildman–Crippen LogP) is 0.140. The smallest absolute Gasteiger partial charge is 0.176 e. The van der Waals surface area contributed by atoms with Gasteiger partial charge in [-0.3, -0.25) is 14.4 Å². The first-order valence-corrected chi connectivity index (χ1v) is 4.24. The summed E-state index contributed by atoms with van der Waals surface area (Å²) in [6.07, 6.45) is 1.26. The Morgan fingerprint density at radius 3 is 2.38 bits per heavy atom. The maximum absolute atomic E-state index is 11.3. The molecule has 0 spiro atoms. The van der Waals surface area contributed by atoms with Crippen molar-refractivity contribution in [2.45, 2.75) is 19.3 Å². The molecule has 0 aromatic carbocycles. The van der Waals surface area contributed by atoms with Crippen molar-refractivity contribution in [1.82, 2.24) is 0 Å². The van der Waals surface area contributed by atoms with E-state index >= 15 is 0 Å². The molecule has 0 atom stereocenters. The summed E-state index contributed by atoms with van der Waals surface area (Å²) in [5, 5.41) is 0. The van der Waals surface area contributed by atoms with Crippen molar-refractivity contribution in [2.24, 2.45) is 5.92 Å². The molecular formula is C9H12O4. The van der Waals surface area contributed by atoms with Crippen LogP contribution in [0.4, 0.5) is 0 Å². The summed E-state index contributed by atoms with van der Waals surface area (Å²) in [5.41, 5.74) is 0. The standard InChI is InChI=1S/C9H12O4/c1-13-5-8(12)9-6(10)3-2-4-7(9)11/h9H,2-5H2,1H3. The summed E-state index contributed by atoms with van der Waals surface area (Å²) in [5.74, 6) is -1.94. The summed E-state index contributed by atoms with van der Waals surface area (Å²) < 4.78 is 4.60. The van der Waals surface area contributed by atoms with E-state index in [-0.39, 0.29) is 18.2 Å². The van der Waals surface area contributed by atoms with Gasteiger partial charge < -0.3 is 4.74 Å². The summed E-state index contributed by atoms with van der Waals surface area (Å²) in [4.78, 5) is 33.7. The molecule has 0 bridgehead atoms. The van der Waals surface area contributed by atoms with E-state index in [1.165, 1.54) is 7.11 Å². The van der Waals surface area contributed by atoms with E-state index in [2.05, 4.69) is 4.74 Å². The number of hydrogen-bond acceptors (Lipinski definition) is 4. The molecule has 72 valence electrons. The topological polar surface area (TPSA) is 60.4 Å². The van der Waals surface area contributed by atoms with E-state index in [1.807, 2.05) is 0 Å². The number of Topliss-reactive ketones (excluding diaryl/α,β-unsaturated/α-hetero) is 3. The van der Waals surface area contributed by atoms with Crippen molar-refractivity contribution in [3.8, 4) is 0 Å². The van der Waals surface area contributed by atoms with Gasteiger partial charge in [-0.05, 0) is 6.42 Å². The lowest BCUT2D eigenvalue weighted by molar-refractivity contribution is -0.143. The van der Waals surface area contributed by atoms with Crippen LogP contribution in [0.1, 0.15) is 19.3 Å². The molecule has 1 saturated carbocycles. The van der Waals surface area contributed by atoms with Crippen molar-refractivity contribution in [3.63, 3.8) is 0 Å².